The molecule has 3 nitrogen and oxygen atoms in total. The van der Waals surface area contributed by atoms with Gasteiger partial charge in [-0.3, -0.25) is 9.78 Å². The molecule has 2 heterocycles. The lowest BCUT2D eigenvalue weighted by molar-refractivity contribution is -0.119. The van der Waals surface area contributed by atoms with Crippen LogP contribution in [0.1, 0.15) is 17.7 Å². The third-order valence-corrected chi connectivity index (χ3v) is 3.72. The van der Waals surface area contributed by atoms with E-state index in [9.17, 15) is 4.79 Å². The molecule has 15 heavy (non-hydrogen) atoms. The largest absolute Gasteiger partial charge is 0.351 e. The smallest absolute Gasteiger partial charge is 0.230 e. The van der Waals surface area contributed by atoms with E-state index in [-0.39, 0.29) is 24.4 Å². The molecule has 2 atom stereocenters. The Balaban J connectivity index is 0.00000112. The second kappa shape index (κ2) is 5.37. The van der Waals surface area contributed by atoms with Gasteiger partial charge in [-0.05, 0) is 18.6 Å². The highest BCUT2D eigenvalue weighted by Crippen LogP contribution is 2.33. The summed E-state index contributed by atoms with van der Waals surface area (Å²) in [6.07, 6.45) is 3.63. The van der Waals surface area contributed by atoms with Gasteiger partial charge in [0.15, 0.2) is 0 Å². The Labute approximate surface area is 99.5 Å². The van der Waals surface area contributed by atoms with Gasteiger partial charge in [0.25, 0.3) is 0 Å². The highest BCUT2D eigenvalue weighted by Gasteiger charge is 2.26. The normalized spacial score (nSPS) is 25.3. The molecule has 5 heteroatoms. The van der Waals surface area contributed by atoms with E-state index in [1.165, 1.54) is 5.56 Å². The predicted molar refractivity (Wildman–Crippen MR) is 64.3 cm³/mol. The summed E-state index contributed by atoms with van der Waals surface area (Å²) in [5.74, 6) is 0.673. The zero-order chi connectivity index (χ0) is 9.97. The molecular formula is C10H13ClN2OS. The molecule has 2 rings (SSSR count). The number of hydrogen-bond acceptors (Lipinski definition) is 3. The summed E-state index contributed by atoms with van der Waals surface area (Å²) in [7, 11) is 0. The molecular weight excluding hydrogens is 232 g/mol. The fraction of sp³-hybridized carbons (Fsp3) is 0.400. The Bertz CT molecular complexity index is 333. The lowest BCUT2D eigenvalue weighted by Gasteiger charge is -2.29. The second-order valence-electron chi connectivity index (χ2n) is 3.37. The van der Waals surface area contributed by atoms with E-state index >= 15 is 0 Å². The average molecular weight is 245 g/mol. The van der Waals surface area contributed by atoms with Crippen molar-refractivity contribution >= 4 is 30.1 Å². The van der Waals surface area contributed by atoms with E-state index in [1.807, 2.05) is 19.2 Å². The van der Waals surface area contributed by atoms with Gasteiger partial charge in [-0.1, -0.05) is 6.07 Å². The zero-order valence-electron chi connectivity index (χ0n) is 8.34. The van der Waals surface area contributed by atoms with E-state index in [0.29, 0.717) is 11.0 Å². The number of nitrogens with zero attached hydrogens (tertiary/aromatic N) is 1. The van der Waals surface area contributed by atoms with Crippen LogP contribution in [0.25, 0.3) is 0 Å². The molecule has 0 radical (unpaired) electrons. The number of pyridine rings is 1. The van der Waals surface area contributed by atoms with Crippen LogP contribution in [0.15, 0.2) is 24.5 Å². The first-order chi connectivity index (χ1) is 6.77. The van der Waals surface area contributed by atoms with Gasteiger partial charge in [0.05, 0.1) is 11.0 Å². The Morgan fingerprint density at radius 3 is 3.00 bits per heavy atom. The molecule has 0 saturated carbocycles. The molecule has 1 aliphatic rings. The number of carbonyl (C=O) groups excluding carboxylic acids is 1. The van der Waals surface area contributed by atoms with Gasteiger partial charge < -0.3 is 5.32 Å². The van der Waals surface area contributed by atoms with Crippen LogP contribution >= 0.6 is 24.2 Å². The molecule has 2 unspecified atom stereocenters. The molecule has 1 aliphatic heterocycles. The lowest BCUT2D eigenvalue weighted by Crippen LogP contribution is -2.41. The van der Waals surface area contributed by atoms with Crippen LogP contribution < -0.4 is 5.32 Å². The zero-order valence-corrected chi connectivity index (χ0v) is 9.98. The first-order valence-electron chi connectivity index (χ1n) is 4.58. The van der Waals surface area contributed by atoms with Crippen molar-refractivity contribution in [2.24, 2.45) is 0 Å². The molecule has 0 bridgehead atoms. The first kappa shape index (κ1) is 12.3. The quantitative estimate of drug-likeness (QED) is 0.819. The van der Waals surface area contributed by atoms with Gasteiger partial charge in [0, 0.05) is 18.4 Å². The van der Waals surface area contributed by atoms with E-state index in [1.54, 1.807) is 18.0 Å². The maximum Gasteiger partial charge on any atom is 0.230 e. The highest BCUT2D eigenvalue weighted by atomic mass is 35.5. The molecule has 1 amide bonds. The van der Waals surface area contributed by atoms with Gasteiger partial charge >= 0.3 is 0 Å². The predicted octanol–water partition coefficient (Wildman–Crippen LogP) is 1.80. The van der Waals surface area contributed by atoms with E-state index in [2.05, 4.69) is 16.4 Å². The molecule has 1 aromatic rings. The molecule has 1 N–H and O–H groups in total. The minimum atomic E-state index is 0. The Hall–Kier alpha value is -0.740. The number of rotatable bonds is 1. The van der Waals surface area contributed by atoms with Crippen molar-refractivity contribution in [2.45, 2.75) is 18.2 Å². The second-order valence-corrected chi connectivity index (χ2v) is 4.50. The minimum absolute atomic E-state index is 0. The molecule has 1 aromatic heterocycles. The van der Waals surface area contributed by atoms with Crippen LogP contribution in [0.4, 0.5) is 0 Å². The van der Waals surface area contributed by atoms with Crippen LogP contribution in [-0.2, 0) is 4.79 Å². The summed E-state index contributed by atoms with van der Waals surface area (Å²) in [6.45, 7) is 2.03. The van der Waals surface area contributed by atoms with Crippen molar-refractivity contribution in [2.75, 3.05) is 5.75 Å². The number of amides is 1. The number of carbonyl (C=O) groups is 1. The maximum atomic E-state index is 11.1. The summed E-state index contributed by atoms with van der Waals surface area (Å²) >= 11 is 1.68. The third-order valence-electron chi connectivity index (χ3n) is 2.25. The Morgan fingerprint density at radius 2 is 2.40 bits per heavy atom. The lowest BCUT2D eigenvalue weighted by atomic mass is 10.1. The minimum Gasteiger partial charge on any atom is -0.351 e. The Morgan fingerprint density at radius 1 is 1.60 bits per heavy atom. The third kappa shape index (κ3) is 2.86. The standard InChI is InChI=1S/C10H12N2OS.ClH/c1-7-10(14-6-9(13)12-7)8-3-2-4-11-5-8;/h2-5,7,10H,6H2,1H3,(H,12,13);1H. The van der Waals surface area contributed by atoms with E-state index in [4.69, 9.17) is 0 Å². The summed E-state index contributed by atoms with van der Waals surface area (Å²) < 4.78 is 0. The number of hydrogen-bond donors (Lipinski definition) is 1. The van der Waals surface area contributed by atoms with Crippen LogP contribution in [0, 0.1) is 0 Å². The summed E-state index contributed by atoms with van der Waals surface area (Å²) in [5, 5.41) is 3.27. The molecule has 0 spiro atoms. The van der Waals surface area contributed by atoms with Crippen LogP contribution in [0.3, 0.4) is 0 Å². The number of thioether (sulfide) groups is 1. The van der Waals surface area contributed by atoms with Gasteiger partial charge in [0.2, 0.25) is 5.91 Å². The number of halogens is 1. The van der Waals surface area contributed by atoms with Crippen molar-refractivity contribution in [1.29, 1.82) is 0 Å². The fourth-order valence-electron chi connectivity index (χ4n) is 1.61. The van der Waals surface area contributed by atoms with Crippen molar-refractivity contribution in [3.05, 3.63) is 30.1 Å². The van der Waals surface area contributed by atoms with Crippen molar-refractivity contribution in [3.63, 3.8) is 0 Å². The van der Waals surface area contributed by atoms with Gasteiger partial charge in [-0.15, -0.1) is 24.2 Å². The molecule has 1 fully saturated rings. The van der Waals surface area contributed by atoms with Crippen molar-refractivity contribution in [3.8, 4) is 0 Å². The van der Waals surface area contributed by atoms with Crippen LogP contribution in [-0.4, -0.2) is 22.7 Å². The topological polar surface area (TPSA) is 42.0 Å². The highest BCUT2D eigenvalue weighted by molar-refractivity contribution is 8.00. The monoisotopic (exact) mass is 244 g/mol. The first-order valence-corrected chi connectivity index (χ1v) is 5.63. The van der Waals surface area contributed by atoms with Crippen LogP contribution in [0.2, 0.25) is 0 Å². The van der Waals surface area contributed by atoms with E-state index < -0.39 is 0 Å². The van der Waals surface area contributed by atoms with Crippen molar-refractivity contribution < 1.29 is 4.79 Å². The van der Waals surface area contributed by atoms with Gasteiger partial charge in [0.1, 0.15) is 0 Å². The number of aromatic nitrogens is 1. The summed E-state index contributed by atoms with van der Waals surface area (Å²) in [5.41, 5.74) is 1.19. The molecule has 0 aliphatic carbocycles. The van der Waals surface area contributed by atoms with Gasteiger partial charge in [-0.25, -0.2) is 0 Å². The average Bonchev–Trinajstić information content (AvgIpc) is 2.19. The van der Waals surface area contributed by atoms with Crippen LogP contribution in [0.5, 0.6) is 0 Å². The van der Waals surface area contributed by atoms with E-state index in [0.717, 1.165) is 0 Å². The molecule has 82 valence electrons. The van der Waals surface area contributed by atoms with Gasteiger partial charge in [-0.2, -0.15) is 0 Å². The SMILES string of the molecule is CC1NC(=O)CSC1c1cccnc1.Cl. The van der Waals surface area contributed by atoms with Crippen molar-refractivity contribution in [1.82, 2.24) is 10.3 Å². The Kier molecular flexibility index (Phi) is 4.42. The molecule has 1 saturated heterocycles. The number of nitrogens with one attached hydrogen (secondary N) is 1. The molecule has 0 aromatic carbocycles. The summed E-state index contributed by atoms with van der Waals surface area (Å²) in [6, 6.07) is 4.17. The fourth-order valence-corrected chi connectivity index (χ4v) is 2.71. The maximum absolute atomic E-state index is 11.1. The summed E-state index contributed by atoms with van der Waals surface area (Å²) in [4.78, 5) is 15.2.